The van der Waals surface area contributed by atoms with Crippen LogP contribution < -0.4 is 5.32 Å². The van der Waals surface area contributed by atoms with Gasteiger partial charge in [0.1, 0.15) is 6.04 Å². The van der Waals surface area contributed by atoms with Crippen molar-refractivity contribution in [1.29, 1.82) is 0 Å². The Morgan fingerprint density at radius 3 is 2.00 bits per heavy atom. The van der Waals surface area contributed by atoms with Gasteiger partial charge in [0, 0.05) is 26.1 Å². The Balaban J connectivity index is 0.000000532. The number of carboxylic acid groups (broad SMARTS) is 2. The molecule has 0 aliphatic carbocycles. The fraction of sp³-hybridized carbons (Fsp3) is 0.464. The van der Waals surface area contributed by atoms with Crippen molar-refractivity contribution < 1.29 is 37.8 Å². The Hall–Kier alpha value is -3.44. The second-order valence-corrected chi connectivity index (χ2v) is 10.2. The number of benzene rings is 2. The highest BCUT2D eigenvalue weighted by Crippen LogP contribution is 2.39. The third kappa shape index (κ3) is 9.67. The first kappa shape index (κ1) is 30.1. The quantitative estimate of drug-likeness (QED) is 0.463. The summed E-state index contributed by atoms with van der Waals surface area (Å²) < 4.78 is 31.7. The lowest BCUT2D eigenvalue weighted by Gasteiger charge is -2.40. The summed E-state index contributed by atoms with van der Waals surface area (Å²) in [5, 5.41) is 19.4. The number of halogens is 3. The predicted molar refractivity (Wildman–Crippen MR) is 138 cm³/mol. The minimum Gasteiger partial charge on any atom is -0.480 e. The Morgan fingerprint density at radius 1 is 0.872 bits per heavy atom. The van der Waals surface area contributed by atoms with Crippen LogP contribution in [0.4, 0.5) is 13.2 Å². The summed E-state index contributed by atoms with van der Waals surface area (Å²) in [6, 6.07) is 19.1. The molecule has 2 atom stereocenters. The molecular weight excluding hydrogens is 515 g/mol. The van der Waals surface area contributed by atoms with Gasteiger partial charge in [-0.15, -0.1) is 0 Å². The molecule has 8 nitrogen and oxygen atoms in total. The molecule has 0 radical (unpaired) electrons. The molecule has 0 bridgehead atoms. The summed E-state index contributed by atoms with van der Waals surface area (Å²) in [5.41, 5.74) is 2.49. The summed E-state index contributed by atoms with van der Waals surface area (Å²) in [6.07, 6.45) is -1.31. The highest BCUT2D eigenvalue weighted by atomic mass is 19.4. The molecule has 212 valence electrons. The third-order valence-corrected chi connectivity index (χ3v) is 7.03. The summed E-state index contributed by atoms with van der Waals surface area (Å²) in [6.45, 7) is 5.22. The molecule has 2 heterocycles. The van der Waals surface area contributed by atoms with Gasteiger partial charge < -0.3 is 15.5 Å². The van der Waals surface area contributed by atoms with Crippen LogP contribution in [0.1, 0.15) is 30.4 Å². The molecule has 1 spiro atoms. The molecule has 2 saturated heterocycles. The molecule has 2 aliphatic heterocycles. The zero-order valence-corrected chi connectivity index (χ0v) is 21.6. The van der Waals surface area contributed by atoms with E-state index in [1.807, 2.05) is 30.3 Å². The van der Waals surface area contributed by atoms with Crippen molar-refractivity contribution in [2.24, 2.45) is 5.41 Å². The highest BCUT2D eigenvalue weighted by Gasteiger charge is 2.41. The first-order valence-corrected chi connectivity index (χ1v) is 12.8. The molecule has 0 saturated carbocycles. The molecule has 11 heteroatoms. The molecule has 2 fully saturated rings. The van der Waals surface area contributed by atoms with Crippen LogP contribution in [-0.2, 0) is 27.3 Å². The molecule has 2 aromatic carbocycles. The number of carboxylic acids is 2. The first-order chi connectivity index (χ1) is 18.5. The number of amides is 1. The number of hydrogen-bond donors (Lipinski definition) is 3. The van der Waals surface area contributed by atoms with E-state index >= 15 is 0 Å². The number of rotatable bonds is 8. The predicted octanol–water partition coefficient (Wildman–Crippen LogP) is 3.42. The topological polar surface area (TPSA) is 110 Å². The number of likely N-dealkylation sites (tertiary alicyclic amines) is 2. The maximum atomic E-state index is 12.7. The van der Waals surface area contributed by atoms with E-state index in [0.29, 0.717) is 6.42 Å². The number of alkyl halides is 3. The van der Waals surface area contributed by atoms with Crippen molar-refractivity contribution >= 4 is 17.8 Å². The average Bonchev–Trinajstić information content (AvgIpc) is 3.25. The van der Waals surface area contributed by atoms with Crippen LogP contribution in [-0.4, -0.2) is 82.8 Å². The van der Waals surface area contributed by atoms with Crippen LogP contribution in [0.2, 0.25) is 0 Å². The van der Waals surface area contributed by atoms with Gasteiger partial charge in [0.25, 0.3) is 0 Å². The van der Waals surface area contributed by atoms with Crippen LogP contribution in [0.3, 0.4) is 0 Å². The van der Waals surface area contributed by atoms with Gasteiger partial charge >= 0.3 is 18.1 Å². The molecule has 0 aromatic heterocycles. The number of nitrogens with one attached hydrogen (secondary N) is 1. The van der Waals surface area contributed by atoms with E-state index in [-0.39, 0.29) is 17.9 Å². The minimum absolute atomic E-state index is 0.206. The monoisotopic (exact) mass is 549 g/mol. The van der Waals surface area contributed by atoms with Crippen LogP contribution in [0.25, 0.3) is 0 Å². The zero-order valence-electron chi connectivity index (χ0n) is 21.6. The molecule has 1 unspecified atom stereocenters. The zero-order chi connectivity index (χ0) is 28.5. The number of piperidine rings is 1. The molecule has 4 rings (SSSR count). The fourth-order valence-electron chi connectivity index (χ4n) is 5.28. The molecule has 2 aliphatic rings. The van der Waals surface area contributed by atoms with Gasteiger partial charge in [0.2, 0.25) is 5.91 Å². The number of nitrogens with zero attached hydrogens (tertiary/aromatic N) is 2. The van der Waals surface area contributed by atoms with E-state index in [0.717, 1.165) is 44.7 Å². The first-order valence-electron chi connectivity index (χ1n) is 12.8. The Bertz CT molecular complexity index is 1100. The number of carbonyl (C=O) groups excluding carboxylic acids is 1. The molecule has 1 amide bonds. The van der Waals surface area contributed by atoms with Crippen LogP contribution >= 0.6 is 0 Å². The number of hydrogen-bond acceptors (Lipinski definition) is 5. The lowest BCUT2D eigenvalue weighted by Crippen LogP contribution is -2.48. The van der Waals surface area contributed by atoms with Crippen molar-refractivity contribution in [2.75, 3.05) is 32.7 Å². The lowest BCUT2D eigenvalue weighted by atomic mass is 9.79. The number of carbonyl (C=O) groups is 3. The Morgan fingerprint density at radius 2 is 1.44 bits per heavy atom. The SMILES string of the molecule is O=C(CN1CCC2(CCCN(Cc3ccccc3)C2)C1)N[C@H](Cc1ccccc1)C(=O)O.O=C(O)C(F)(F)F. The van der Waals surface area contributed by atoms with Crippen molar-refractivity contribution in [2.45, 2.75) is 44.4 Å². The van der Waals surface area contributed by atoms with E-state index in [2.05, 4.69) is 45.4 Å². The summed E-state index contributed by atoms with van der Waals surface area (Å²) in [5.74, 6) is -3.96. The summed E-state index contributed by atoms with van der Waals surface area (Å²) >= 11 is 0. The van der Waals surface area contributed by atoms with Crippen LogP contribution in [0.15, 0.2) is 60.7 Å². The van der Waals surface area contributed by atoms with Crippen molar-refractivity contribution in [3.8, 4) is 0 Å². The van der Waals surface area contributed by atoms with Crippen LogP contribution in [0.5, 0.6) is 0 Å². The molecule has 3 N–H and O–H groups in total. The van der Waals surface area contributed by atoms with Gasteiger partial charge in [-0.2, -0.15) is 13.2 Å². The van der Waals surface area contributed by atoms with Gasteiger partial charge in [-0.25, -0.2) is 9.59 Å². The summed E-state index contributed by atoms with van der Waals surface area (Å²) in [7, 11) is 0. The van der Waals surface area contributed by atoms with Crippen LogP contribution in [0, 0.1) is 5.41 Å². The van der Waals surface area contributed by atoms with Gasteiger partial charge in [-0.1, -0.05) is 60.7 Å². The maximum Gasteiger partial charge on any atom is 0.490 e. The van der Waals surface area contributed by atoms with Crippen molar-refractivity contribution in [3.63, 3.8) is 0 Å². The van der Waals surface area contributed by atoms with E-state index in [1.165, 1.54) is 18.4 Å². The van der Waals surface area contributed by atoms with Crippen molar-refractivity contribution in [1.82, 2.24) is 15.1 Å². The fourth-order valence-corrected chi connectivity index (χ4v) is 5.28. The smallest absolute Gasteiger partial charge is 0.480 e. The third-order valence-electron chi connectivity index (χ3n) is 7.03. The average molecular weight is 550 g/mol. The van der Waals surface area contributed by atoms with E-state index in [9.17, 15) is 27.9 Å². The van der Waals surface area contributed by atoms with Crippen molar-refractivity contribution in [3.05, 3.63) is 71.8 Å². The normalized spacial score (nSPS) is 20.6. The minimum atomic E-state index is -5.08. The molecular formula is C28H34F3N3O5. The van der Waals surface area contributed by atoms with Gasteiger partial charge in [-0.05, 0) is 48.9 Å². The van der Waals surface area contributed by atoms with E-state index < -0.39 is 24.2 Å². The second-order valence-electron chi connectivity index (χ2n) is 10.2. The standard InChI is InChI=1S/C26H33N3O3.C2HF3O2/c30-24(27-23(25(31)32)16-21-8-3-1-4-9-21)18-29-15-13-26(20-29)12-7-14-28(19-26)17-22-10-5-2-6-11-22;3-2(4,5)1(6)7/h1-6,8-11,23H,7,12-20H2,(H,27,30)(H,31,32);(H,6,7)/t23-,26?;/m1./s1. The Kier molecular flexibility index (Phi) is 10.5. The van der Waals surface area contributed by atoms with Gasteiger partial charge in [-0.3, -0.25) is 14.6 Å². The largest absolute Gasteiger partial charge is 0.490 e. The van der Waals surface area contributed by atoms with E-state index in [1.54, 1.807) is 0 Å². The summed E-state index contributed by atoms with van der Waals surface area (Å²) in [4.78, 5) is 38.0. The second kappa shape index (κ2) is 13.6. The Labute approximate surface area is 225 Å². The maximum absolute atomic E-state index is 12.7. The molecule has 2 aromatic rings. The van der Waals surface area contributed by atoms with Gasteiger partial charge in [0.15, 0.2) is 0 Å². The highest BCUT2D eigenvalue weighted by molar-refractivity contribution is 5.84. The molecule has 39 heavy (non-hydrogen) atoms. The van der Waals surface area contributed by atoms with E-state index in [4.69, 9.17) is 9.90 Å². The lowest BCUT2D eigenvalue weighted by molar-refractivity contribution is -0.192. The number of aliphatic carboxylic acids is 2. The van der Waals surface area contributed by atoms with Gasteiger partial charge in [0.05, 0.1) is 6.54 Å².